The van der Waals surface area contributed by atoms with Gasteiger partial charge in [-0.3, -0.25) is 0 Å². The van der Waals surface area contributed by atoms with Crippen molar-refractivity contribution in [2.24, 2.45) is 0 Å². The van der Waals surface area contributed by atoms with Crippen LogP contribution in [-0.2, 0) is 0 Å². The van der Waals surface area contributed by atoms with E-state index in [0.29, 0.717) is 12.1 Å². The smallest absolute Gasteiger partial charge is 0.101 e. The van der Waals surface area contributed by atoms with E-state index in [4.69, 9.17) is 5.26 Å². The topological polar surface area (TPSA) is 39.1 Å². The van der Waals surface area contributed by atoms with Crippen molar-refractivity contribution in [3.8, 4) is 6.07 Å². The molecule has 1 aliphatic rings. The zero-order valence-electron chi connectivity index (χ0n) is 9.77. The van der Waals surface area contributed by atoms with E-state index >= 15 is 0 Å². The lowest BCUT2D eigenvalue weighted by molar-refractivity contribution is 0.425. The predicted molar refractivity (Wildman–Crippen MR) is 65.4 cm³/mol. The van der Waals surface area contributed by atoms with Crippen LogP contribution in [0.3, 0.4) is 0 Å². The zero-order valence-corrected chi connectivity index (χ0v) is 9.77. The van der Waals surface area contributed by atoms with Crippen LogP contribution in [0.1, 0.15) is 19.4 Å². The van der Waals surface area contributed by atoms with E-state index in [1.54, 1.807) is 0 Å². The average Bonchev–Trinajstić information content (AvgIpc) is 2.32. The van der Waals surface area contributed by atoms with E-state index in [-0.39, 0.29) is 0 Å². The van der Waals surface area contributed by atoms with Gasteiger partial charge in [-0.2, -0.15) is 5.26 Å². The molecule has 3 heteroatoms. The molecule has 84 valence electrons. The van der Waals surface area contributed by atoms with Crippen molar-refractivity contribution in [2.45, 2.75) is 25.9 Å². The molecule has 2 rings (SSSR count). The first-order valence-electron chi connectivity index (χ1n) is 5.71. The fourth-order valence-corrected chi connectivity index (χ4v) is 2.18. The molecule has 1 aliphatic heterocycles. The van der Waals surface area contributed by atoms with Gasteiger partial charge in [-0.1, -0.05) is 12.1 Å². The maximum atomic E-state index is 9.11. The summed E-state index contributed by atoms with van der Waals surface area (Å²) in [6.45, 7) is 6.29. The first kappa shape index (κ1) is 11.0. The van der Waals surface area contributed by atoms with Crippen LogP contribution < -0.4 is 10.2 Å². The highest BCUT2D eigenvalue weighted by Crippen LogP contribution is 2.23. The maximum absolute atomic E-state index is 9.11. The van der Waals surface area contributed by atoms with Crippen molar-refractivity contribution in [1.29, 1.82) is 5.26 Å². The Morgan fingerprint density at radius 3 is 2.88 bits per heavy atom. The van der Waals surface area contributed by atoms with Crippen LogP contribution in [0, 0.1) is 11.3 Å². The largest absolute Gasteiger partial charge is 0.365 e. The molecule has 0 spiro atoms. The van der Waals surface area contributed by atoms with Gasteiger partial charge in [0.2, 0.25) is 0 Å². The molecule has 2 atom stereocenters. The molecule has 1 saturated heterocycles. The minimum absolute atomic E-state index is 0.436. The second kappa shape index (κ2) is 4.54. The summed E-state index contributed by atoms with van der Waals surface area (Å²) in [6, 6.07) is 11.0. The van der Waals surface area contributed by atoms with Crippen LogP contribution in [0.25, 0.3) is 0 Å². The second-order valence-electron chi connectivity index (χ2n) is 4.44. The van der Waals surface area contributed by atoms with Gasteiger partial charge in [0, 0.05) is 25.2 Å². The Morgan fingerprint density at radius 1 is 1.38 bits per heavy atom. The number of anilines is 1. The second-order valence-corrected chi connectivity index (χ2v) is 4.44. The van der Waals surface area contributed by atoms with E-state index in [0.717, 1.165) is 24.3 Å². The first-order chi connectivity index (χ1) is 7.72. The van der Waals surface area contributed by atoms with Crippen molar-refractivity contribution < 1.29 is 0 Å². The predicted octanol–water partition coefficient (Wildman–Crippen LogP) is 1.74. The van der Waals surface area contributed by atoms with Crippen molar-refractivity contribution in [1.82, 2.24) is 5.32 Å². The summed E-state index contributed by atoms with van der Waals surface area (Å²) in [5.41, 5.74) is 1.83. The highest BCUT2D eigenvalue weighted by atomic mass is 15.2. The summed E-state index contributed by atoms with van der Waals surface area (Å²) < 4.78 is 0. The SMILES string of the molecule is CC1CN(c2ccccc2C#N)C(C)CN1. The van der Waals surface area contributed by atoms with Gasteiger partial charge in [-0.25, -0.2) is 0 Å². The Kier molecular flexibility index (Phi) is 3.12. The van der Waals surface area contributed by atoms with E-state index in [1.165, 1.54) is 0 Å². The normalized spacial score (nSPS) is 25.2. The van der Waals surface area contributed by atoms with Gasteiger partial charge in [-0.15, -0.1) is 0 Å². The lowest BCUT2D eigenvalue weighted by Gasteiger charge is -2.39. The highest BCUT2D eigenvalue weighted by molar-refractivity contribution is 5.60. The molecule has 1 fully saturated rings. The number of hydrogen-bond donors (Lipinski definition) is 1. The molecular formula is C13H17N3. The Bertz CT molecular complexity index is 408. The number of rotatable bonds is 1. The standard InChI is InChI=1S/C13H17N3/c1-10-9-16(11(2)8-15-10)13-6-4-3-5-12(13)7-14/h3-6,10-11,15H,8-9H2,1-2H3. The molecule has 0 radical (unpaired) electrons. The fourth-order valence-electron chi connectivity index (χ4n) is 2.18. The number of nitrogens with one attached hydrogen (secondary N) is 1. The van der Waals surface area contributed by atoms with Gasteiger partial charge in [-0.05, 0) is 26.0 Å². The number of piperazine rings is 1. The molecule has 1 aromatic carbocycles. The Hall–Kier alpha value is -1.53. The number of benzene rings is 1. The van der Waals surface area contributed by atoms with Crippen molar-refractivity contribution in [3.63, 3.8) is 0 Å². The van der Waals surface area contributed by atoms with Gasteiger partial charge < -0.3 is 10.2 Å². The maximum Gasteiger partial charge on any atom is 0.101 e. The third kappa shape index (κ3) is 2.02. The van der Waals surface area contributed by atoms with Crippen molar-refractivity contribution in [3.05, 3.63) is 29.8 Å². The van der Waals surface area contributed by atoms with E-state index in [1.807, 2.05) is 24.3 Å². The summed E-state index contributed by atoms with van der Waals surface area (Å²) in [6.07, 6.45) is 0. The van der Waals surface area contributed by atoms with Crippen molar-refractivity contribution in [2.75, 3.05) is 18.0 Å². The molecule has 16 heavy (non-hydrogen) atoms. The fraction of sp³-hybridized carbons (Fsp3) is 0.462. The monoisotopic (exact) mass is 215 g/mol. The van der Waals surface area contributed by atoms with Crippen molar-refractivity contribution >= 4 is 5.69 Å². The van der Waals surface area contributed by atoms with Crippen LogP contribution in [0.4, 0.5) is 5.69 Å². The summed E-state index contributed by atoms with van der Waals surface area (Å²) in [4.78, 5) is 2.32. The molecule has 3 nitrogen and oxygen atoms in total. The third-order valence-corrected chi connectivity index (χ3v) is 3.10. The summed E-state index contributed by atoms with van der Waals surface area (Å²) >= 11 is 0. The minimum atomic E-state index is 0.436. The van der Waals surface area contributed by atoms with Gasteiger partial charge in [0.15, 0.2) is 0 Å². The van der Waals surface area contributed by atoms with Crippen LogP contribution >= 0.6 is 0 Å². The quantitative estimate of drug-likeness (QED) is 0.775. The molecule has 1 heterocycles. The van der Waals surface area contributed by atoms with E-state index in [2.05, 4.69) is 30.1 Å². The molecule has 0 aromatic heterocycles. The average molecular weight is 215 g/mol. The molecule has 1 aromatic rings. The number of para-hydroxylation sites is 1. The molecule has 0 aliphatic carbocycles. The molecular weight excluding hydrogens is 198 g/mol. The highest BCUT2D eigenvalue weighted by Gasteiger charge is 2.23. The van der Waals surface area contributed by atoms with Gasteiger partial charge in [0.25, 0.3) is 0 Å². The van der Waals surface area contributed by atoms with Gasteiger partial charge >= 0.3 is 0 Å². The van der Waals surface area contributed by atoms with Crippen LogP contribution in [0.15, 0.2) is 24.3 Å². The number of nitriles is 1. The Morgan fingerprint density at radius 2 is 2.12 bits per heavy atom. The lowest BCUT2D eigenvalue weighted by Crippen LogP contribution is -2.54. The minimum Gasteiger partial charge on any atom is -0.365 e. The van der Waals surface area contributed by atoms with Gasteiger partial charge in [0.1, 0.15) is 6.07 Å². The first-order valence-corrected chi connectivity index (χ1v) is 5.71. The van der Waals surface area contributed by atoms with Crippen LogP contribution in [-0.4, -0.2) is 25.2 Å². The zero-order chi connectivity index (χ0) is 11.5. The van der Waals surface area contributed by atoms with Crippen LogP contribution in [0.2, 0.25) is 0 Å². The summed E-state index contributed by atoms with van der Waals surface area (Å²) in [5.74, 6) is 0. The molecule has 0 bridgehead atoms. The molecule has 0 amide bonds. The summed E-state index contributed by atoms with van der Waals surface area (Å²) in [5, 5.41) is 12.6. The number of nitrogens with zero attached hydrogens (tertiary/aromatic N) is 2. The van der Waals surface area contributed by atoms with Crippen LogP contribution in [0.5, 0.6) is 0 Å². The molecule has 0 saturated carbocycles. The Balaban J connectivity index is 2.32. The van der Waals surface area contributed by atoms with E-state index < -0.39 is 0 Å². The number of hydrogen-bond acceptors (Lipinski definition) is 3. The molecule has 2 unspecified atom stereocenters. The van der Waals surface area contributed by atoms with Gasteiger partial charge in [0.05, 0.1) is 11.3 Å². The summed E-state index contributed by atoms with van der Waals surface area (Å²) in [7, 11) is 0. The Labute approximate surface area is 96.7 Å². The lowest BCUT2D eigenvalue weighted by atomic mass is 10.1. The third-order valence-electron chi connectivity index (χ3n) is 3.10. The molecule has 1 N–H and O–H groups in total. The van der Waals surface area contributed by atoms with E-state index in [9.17, 15) is 0 Å².